The second-order valence-corrected chi connectivity index (χ2v) is 6.69. The third-order valence-corrected chi connectivity index (χ3v) is 5.37. The van der Waals surface area contributed by atoms with Gasteiger partial charge >= 0.3 is 0 Å². The highest BCUT2D eigenvalue weighted by Crippen LogP contribution is 2.43. The van der Waals surface area contributed by atoms with E-state index in [0.29, 0.717) is 26.9 Å². The van der Waals surface area contributed by atoms with E-state index in [9.17, 15) is 0 Å². The Bertz CT molecular complexity index is 657. The summed E-state index contributed by atoms with van der Waals surface area (Å²) in [7, 11) is 0. The Balaban J connectivity index is 2.11. The van der Waals surface area contributed by atoms with E-state index >= 15 is 0 Å². The number of aromatic nitrogens is 2. The number of halogens is 4. The summed E-state index contributed by atoms with van der Waals surface area (Å²) >= 11 is 20.3. The highest BCUT2D eigenvalue weighted by molar-refractivity contribution is 14.1. The van der Waals surface area contributed by atoms with Crippen molar-refractivity contribution in [3.8, 4) is 11.4 Å². The van der Waals surface area contributed by atoms with Crippen LogP contribution < -0.4 is 0 Å². The molecule has 6 heteroatoms. The molecule has 0 atom stereocenters. The minimum Gasteiger partial charge on any atom is -0.232 e. The summed E-state index contributed by atoms with van der Waals surface area (Å²) in [5.41, 5.74) is 1.87. The molecule has 0 radical (unpaired) electrons. The normalized spacial score (nSPS) is 14.7. The van der Waals surface area contributed by atoms with Gasteiger partial charge in [0.25, 0.3) is 0 Å². The van der Waals surface area contributed by atoms with Gasteiger partial charge in [0.2, 0.25) is 0 Å². The molecule has 0 N–H and O–H groups in total. The molecular formula is C13H8Cl3IN2. The van der Waals surface area contributed by atoms with Crippen LogP contribution in [0.15, 0.2) is 18.2 Å². The van der Waals surface area contributed by atoms with Gasteiger partial charge in [-0.2, -0.15) is 0 Å². The van der Waals surface area contributed by atoms with Crippen LogP contribution in [0, 0.1) is 3.57 Å². The van der Waals surface area contributed by atoms with E-state index in [1.165, 1.54) is 12.8 Å². The number of hydrogen-bond acceptors (Lipinski definition) is 2. The molecule has 0 saturated heterocycles. The van der Waals surface area contributed by atoms with Crippen molar-refractivity contribution in [1.82, 2.24) is 9.97 Å². The molecule has 1 heterocycles. The van der Waals surface area contributed by atoms with Crippen molar-refractivity contribution in [2.45, 2.75) is 18.8 Å². The molecule has 1 aliphatic rings. The van der Waals surface area contributed by atoms with Crippen LogP contribution in [0.25, 0.3) is 11.4 Å². The van der Waals surface area contributed by atoms with E-state index < -0.39 is 0 Å². The molecule has 1 aliphatic carbocycles. The van der Waals surface area contributed by atoms with Crippen molar-refractivity contribution >= 4 is 57.4 Å². The van der Waals surface area contributed by atoms with Gasteiger partial charge in [0.05, 0.1) is 19.3 Å². The quantitative estimate of drug-likeness (QED) is 0.463. The minimum absolute atomic E-state index is 0.491. The number of rotatable bonds is 2. The summed E-state index contributed by atoms with van der Waals surface area (Å²) in [6.07, 6.45) is 2.34. The van der Waals surface area contributed by atoms with Crippen LogP contribution in [0.1, 0.15) is 24.5 Å². The third-order valence-electron chi connectivity index (χ3n) is 2.98. The summed E-state index contributed by atoms with van der Waals surface area (Å²) < 4.78 is 0.950. The fourth-order valence-corrected chi connectivity index (χ4v) is 2.98. The van der Waals surface area contributed by atoms with E-state index in [0.717, 1.165) is 14.8 Å². The van der Waals surface area contributed by atoms with Crippen molar-refractivity contribution in [2.75, 3.05) is 0 Å². The Hall–Kier alpha value is -0.100. The van der Waals surface area contributed by atoms with Crippen molar-refractivity contribution in [3.05, 3.63) is 42.7 Å². The first kappa shape index (κ1) is 13.9. The molecule has 19 heavy (non-hydrogen) atoms. The summed E-state index contributed by atoms with van der Waals surface area (Å²) in [5, 5.41) is 1.51. The van der Waals surface area contributed by atoms with Crippen LogP contribution in [0.3, 0.4) is 0 Å². The SMILES string of the molecule is Clc1ccc(-c2nc(Cl)c(I)c(C3CC3)n2)cc1Cl. The van der Waals surface area contributed by atoms with E-state index in [4.69, 9.17) is 34.8 Å². The van der Waals surface area contributed by atoms with Gasteiger partial charge in [0.1, 0.15) is 5.15 Å². The molecule has 0 amide bonds. The molecule has 2 aromatic rings. The average molecular weight is 425 g/mol. The lowest BCUT2D eigenvalue weighted by Gasteiger charge is -2.08. The van der Waals surface area contributed by atoms with Gasteiger partial charge in [-0.05, 0) is 53.6 Å². The molecule has 0 unspecified atom stereocenters. The van der Waals surface area contributed by atoms with Gasteiger partial charge in [0, 0.05) is 11.5 Å². The summed E-state index contributed by atoms with van der Waals surface area (Å²) in [6, 6.07) is 5.35. The Morgan fingerprint density at radius 2 is 1.79 bits per heavy atom. The van der Waals surface area contributed by atoms with E-state index in [1.54, 1.807) is 12.1 Å². The predicted octanol–water partition coefficient (Wildman–Crippen LogP) is 5.59. The zero-order valence-electron chi connectivity index (χ0n) is 9.63. The van der Waals surface area contributed by atoms with Crippen LogP contribution in [-0.2, 0) is 0 Å². The lowest BCUT2D eigenvalue weighted by atomic mass is 10.2. The molecule has 1 fully saturated rings. The maximum atomic E-state index is 6.19. The van der Waals surface area contributed by atoms with Gasteiger partial charge < -0.3 is 0 Å². The largest absolute Gasteiger partial charge is 0.232 e. The lowest BCUT2D eigenvalue weighted by Crippen LogP contribution is -1.99. The second-order valence-electron chi connectivity index (χ2n) is 4.44. The average Bonchev–Trinajstić information content (AvgIpc) is 3.20. The first-order valence-electron chi connectivity index (χ1n) is 5.74. The van der Waals surface area contributed by atoms with Crippen molar-refractivity contribution < 1.29 is 0 Å². The maximum Gasteiger partial charge on any atom is 0.161 e. The Kier molecular flexibility index (Phi) is 3.91. The van der Waals surface area contributed by atoms with Gasteiger partial charge in [0.15, 0.2) is 5.82 Å². The van der Waals surface area contributed by atoms with Gasteiger partial charge in [-0.1, -0.05) is 34.8 Å². The molecule has 0 bridgehead atoms. The third kappa shape index (κ3) is 2.84. The number of benzene rings is 1. The lowest BCUT2D eigenvalue weighted by molar-refractivity contribution is 0.978. The zero-order valence-corrected chi connectivity index (χ0v) is 14.1. The van der Waals surface area contributed by atoms with Gasteiger partial charge in [-0.3, -0.25) is 0 Å². The first-order valence-corrected chi connectivity index (χ1v) is 7.96. The molecule has 1 aromatic carbocycles. The number of nitrogens with zero attached hydrogens (tertiary/aromatic N) is 2. The molecule has 0 aliphatic heterocycles. The van der Waals surface area contributed by atoms with Crippen molar-refractivity contribution in [3.63, 3.8) is 0 Å². The standard InChI is InChI=1S/C13H8Cl3IN2/c14-8-4-3-7(5-9(8)15)13-18-11(6-1-2-6)10(17)12(16)19-13/h3-6H,1-2H2. The van der Waals surface area contributed by atoms with Crippen LogP contribution in [0.5, 0.6) is 0 Å². The highest BCUT2D eigenvalue weighted by Gasteiger charge is 2.29. The van der Waals surface area contributed by atoms with E-state index in [2.05, 4.69) is 32.6 Å². The van der Waals surface area contributed by atoms with Crippen molar-refractivity contribution in [1.29, 1.82) is 0 Å². The minimum atomic E-state index is 0.491. The first-order chi connectivity index (χ1) is 9.06. The van der Waals surface area contributed by atoms with E-state index in [1.807, 2.05) is 6.07 Å². The molecule has 1 saturated carbocycles. The molecule has 2 nitrogen and oxygen atoms in total. The topological polar surface area (TPSA) is 25.8 Å². The predicted molar refractivity (Wildman–Crippen MR) is 87.2 cm³/mol. The molecule has 98 valence electrons. The highest BCUT2D eigenvalue weighted by atomic mass is 127. The Morgan fingerprint density at radius 3 is 2.42 bits per heavy atom. The molecule has 3 rings (SSSR count). The Morgan fingerprint density at radius 1 is 1.05 bits per heavy atom. The van der Waals surface area contributed by atoms with Gasteiger partial charge in [-0.25, -0.2) is 9.97 Å². The van der Waals surface area contributed by atoms with Crippen LogP contribution in [0.2, 0.25) is 15.2 Å². The summed E-state index contributed by atoms with van der Waals surface area (Å²) in [4.78, 5) is 8.96. The Labute approximate surface area is 139 Å². The smallest absolute Gasteiger partial charge is 0.161 e. The van der Waals surface area contributed by atoms with Crippen LogP contribution in [0.4, 0.5) is 0 Å². The summed E-state index contributed by atoms with van der Waals surface area (Å²) in [6.45, 7) is 0. The van der Waals surface area contributed by atoms with Gasteiger partial charge in [-0.15, -0.1) is 0 Å². The van der Waals surface area contributed by atoms with Crippen LogP contribution >= 0.6 is 57.4 Å². The van der Waals surface area contributed by atoms with Crippen LogP contribution in [-0.4, -0.2) is 9.97 Å². The maximum absolute atomic E-state index is 6.19. The zero-order chi connectivity index (χ0) is 13.6. The molecule has 1 aromatic heterocycles. The monoisotopic (exact) mass is 424 g/mol. The molecular weight excluding hydrogens is 417 g/mol. The van der Waals surface area contributed by atoms with Crippen molar-refractivity contribution in [2.24, 2.45) is 0 Å². The fourth-order valence-electron chi connectivity index (χ4n) is 1.83. The second kappa shape index (κ2) is 5.35. The van der Waals surface area contributed by atoms with E-state index in [-0.39, 0.29) is 0 Å². The number of hydrogen-bond donors (Lipinski definition) is 0. The molecule has 0 spiro atoms. The fraction of sp³-hybridized carbons (Fsp3) is 0.231. The summed E-state index contributed by atoms with van der Waals surface area (Å²) in [5.74, 6) is 1.12.